The highest BCUT2D eigenvalue weighted by Crippen LogP contribution is 2.23. The SMILES string of the molecule is CC(O)C1CC(NC2CCCCC2)CN(C(N)=O)C1. The quantitative estimate of drug-likeness (QED) is 0.717. The molecule has 3 unspecified atom stereocenters. The number of urea groups is 1. The Morgan fingerprint density at radius 2 is 1.95 bits per heavy atom. The van der Waals surface area contributed by atoms with E-state index in [0.717, 1.165) is 6.42 Å². The van der Waals surface area contributed by atoms with Crippen molar-refractivity contribution < 1.29 is 9.90 Å². The average Bonchev–Trinajstić information content (AvgIpc) is 2.39. The number of primary amides is 1. The highest BCUT2D eigenvalue weighted by molar-refractivity contribution is 5.72. The van der Waals surface area contributed by atoms with Crippen molar-refractivity contribution in [2.45, 2.75) is 63.6 Å². The van der Waals surface area contributed by atoms with Gasteiger partial charge in [-0.15, -0.1) is 0 Å². The number of amides is 2. The van der Waals surface area contributed by atoms with Crippen LogP contribution >= 0.6 is 0 Å². The standard InChI is InChI=1S/C14H27N3O2/c1-10(18)11-7-13(9-17(8-11)14(15)19)16-12-5-3-2-4-6-12/h10-13,16,18H,2-9H2,1H3,(H2,15,19). The van der Waals surface area contributed by atoms with E-state index in [2.05, 4.69) is 5.32 Å². The molecule has 0 aromatic rings. The number of hydrogen-bond donors (Lipinski definition) is 3. The third-order valence-corrected chi connectivity index (χ3v) is 4.55. The van der Waals surface area contributed by atoms with Gasteiger partial charge in [-0.05, 0) is 26.2 Å². The summed E-state index contributed by atoms with van der Waals surface area (Å²) < 4.78 is 0. The van der Waals surface area contributed by atoms with Crippen LogP contribution in [0.4, 0.5) is 4.79 Å². The number of carbonyl (C=O) groups excluding carboxylic acids is 1. The molecule has 1 saturated heterocycles. The Balaban J connectivity index is 1.92. The smallest absolute Gasteiger partial charge is 0.314 e. The fourth-order valence-corrected chi connectivity index (χ4v) is 3.39. The lowest BCUT2D eigenvalue weighted by molar-refractivity contribution is 0.0590. The third-order valence-electron chi connectivity index (χ3n) is 4.55. The van der Waals surface area contributed by atoms with Gasteiger partial charge < -0.3 is 21.1 Å². The van der Waals surface area contributed by atoms with Crippen LogP contribution in [0.3, 0.4) is 0 Å². The predicted molar refractivity (Wildman–Crippen MR) is 74.7 cm³/mol. The van der Waals surface area contributed by atoms with Gasteiger partial charge in [0.05, 0.1) is 6.10 Å². The molecular formula is C14H27N3O2. The number of piperidine rings is 1. The zero-order chi connectivity index (χ0) is 13.8. The van der Waals surface area contributed by atoms with Crippen molar-refractivity contribution in [1.29, 1.82) is 0 Å². The summed E-state index contributed by atoms with van der Waals surface area (Å²) in [5.74, 6) is 0.127. The lowest BCUT2D eigenvalue weighted by atomic mass is 9.88. The van der Waals surface area contributed by atoms with Crippen LogP contribution in [-0.2, 0) is 0 Å². The van der Waals surface area contributed by atoms with Crippen LogP contribution in [-0.4, -0.2) is 47.3 Å². The first-order chi connectivity index (χ1) is 9.06. The van der Waals surface area contributed by atoms with E-state index in [1.807, 2.05) is 0 Å². The summed E-state index contributed by atoms with van der Waals surface area (Å²) in [6.07, 6.45) is 6.93. The highest BCUT2D eigenvalue weighted by atomic mass is 16.3. The molecule has 0 aromatic heterocycles. The second kappa shape index (κ2) is 6.57. The van der Waals surface area contributed by atoms with E-state index in [1.165, 1.54) is 32.1 Å². The molecule has 2 rings (SSSR count). The number of rotatable bonds is 3. The van der Waals surface area contributed by atoms with Crippen molar-refractivity contribution in [2.24, 2.45) is 11.7 Å². The van der Waals surface area contributed by atoms with Gasteiger partial charge in [-0.3, -0.25) is 0 Å². The Morgan fingerprint density at radius 3 is 2.53 bits per heavy atom. The Morgan fingerprint density at radius 1 is 1.26 bits per heavy atom. The molecule has 1 saturated carbocycles. The fraction of sp³-hybridized carbons (Fsp3) is 0.929. The van der Waals surface area contributed by atoms with Gasteiger partial charge in [-0.1, -0.05) is 19.3 Å². The summed E-state index contributed by atoms with van der Waals surface area (Å²) >= 11 is 0. The first-order valence-corrected chi connectivity index (χ1v) is 7.54. The number of hydrogen-bond acceptors (Lipinski definition) is 3. The Hall–Kier alpha value is -0.810. The number of nitrogens with zero attached hydrogens (tertiary/aromatic N) is 1. The predicted octanol–water partition coefficient (Wildman–Crippen LogP) is 1.06. The minimum atomic E-state index is -0.391. The van der Waals surface area contributed by atoms with Crippen LogP contribution in [0.15, 0.2) is 0 Å². The maximum atomic E-state index is 11.4. The van der Waals surface area contributed by atoms with Gasteiger partial charge in [0.25, 0.3) is 0 Å². The molecule has 19 heavy (non-hydrogen) atoms. The Kier molecular flexibility index (Phi) is 5.05. The van der Waals surface area contributed by atoms with Crippen LogP contribution < -0.4 is 11.1 Å². The van der Waals surface area contributed by atoms with E-state index in [9.17, 15) is 9.90 Å². The molecule has 0 bridgehead atoms. The number of nitrogens with two attached hydrogens (primary N) is 1. The normalized spacial score (nSPS) is 31.2. The van der Waals surface area contributed by atoms with E-state index < -0.39 is 6.10 Å². The van der Waals surface area contributed by atoms with Gasteiger partial charge in [0.1, 0.15) is 0 Å². The molecule has 0 spiro atoms. The monoisotopic (exact) mass is 269 g/mol. The summed E-state index contributed by atoms with van der Waals surface area (Å²) in [6.45, 7) is 3.05. The van der Waals surface area contributed by atoms with Gasteiger partial charge in [0.15, 0.2) is 0 Å². The molecule has 110 valence electrons. The van der Waals surface area contributed by atoms with Crippen LogP contribution in [0.5, 0.6) is 0 Å². The molecule has 2 fully saturated rings. The van der Waals surface area contributed by atoms with Crippen LogP contribution in [0.2, 0.25) is 0 Å². The Labute approximate surface area is 115 Å². The molecule has 3 atom stereocenters. The number of likely N-dealkylation sites (tertiary alicyclic amines) is 1. The fourth-order valence-electron chi connectivity index (χ4n) is 3.39. The summed E-state index contributed by atoms with van der Waals surface area (Å²) in [7, 11) is 0. The van der Waals surface area contributed by atoms with Crippen LogP contribution in [0, 0.1) is 5.92 Å². The second-order valence-corrected chi connectivity index (χ2v) is 6.18. The van der Waals surface area contributed by atoms with Gasteiger partial charge >= 0.3 is 6.03 Å². The van der Waals surface area contributed by atoms with E-state index >= 15 is 0 Å². The van der Waals surface area contributed by atoms with Crippen LogP contribution in [0.1, 0.15) is 45.4 Å². The van der Waals surface area contributed by atoms with E-state index in [4.69, 9.17) is 5.73 Å². The largest absolute Gasteiger partial charge is 0.393 e. The first-order valence-electron chi connectivity index (χ1n) is 7.54. The number of aliphatic hydroxyl groups excluding tert-OH is 1. The van der Waals surface area contributed by atoms with Crippen molar-refractivity contribution in [3.8, 4) is 0 Å². The average molecular weight is 269 g/mol. The lowest BCUT2D eigenvalue weighted by Crippen LogP contribution is -2.56. The molecule has 0 aromatic carbocycles. The minimum Gasteiger partial charge on any atom is -0.393 e. The highest BCUT2D eigenvalue weighted by Gasteiger charge is 2.32. The molecule has 1 heterocycles. The van der Waals surface area contributed by atoms with Gasteiger partial charge in [0, 0.05) is 31.1 Å². The molecule has 2 aliphatic rings. The summed E-state index contributed by atoms with van der Waals surface area (Å²) in [4.78, 5) is 13.1. The molecular weight excluding hydrogens is 242 g/mol. The maximum absolute atomic E-state index is 11.4. The van der Waals surface area contributed by atoms with Crippen molar-refractivity contribution in [1.82, 2.24) is 10.2 Å². The second-order valence-electron chi connectivity index (χ2n) is 6.18. The molecule has 4 N–H and O–H groups in total. The zero-order valence-electron chi connectivity index (χ0n) is 11.8. The maximum Gasteiger partial charge on any atom is 0.314 e. The van der Waals surface area contributed by atoms with Gasteiger partial charge in [0.2, 0.25) is 0 Å². The number of nitrogens with one attached hydrogen (secondary N) is 1. The van der Waals surface area contributed by atoms with E-state index in [-0.39, 0.29) is 18.0 Å². The molecule has 1 aliphatic heterocycles. The van der Waals surface area contributed by atoms with Crippen LogP contribution in [0.25, 0.3) is 0 Å². The molecule has 5 heteroatoms. The number of carbonyl (C=O) groups is 1. The number of aliphatic hydroxyl groups is 1. The first kappa shape index (κ1) is 14.6. The minimum absolute atomic E-state index is 0.127. The summed E-state index contributed by atoms with van der Waals surface area (Å²) in [5.41, 5.74) is 5.40. The van der Waals surface area contributed by atoms with Crippen molar-refractivity contribution in [2.75, 3.05) is 13.1 Å². The molecule has 2 amide bonds. The van der Waals surface area contributed by atoms with E-state index in [1.54, 1.807) is 11.8 Å². The van der Waals surface area contributed by atoms with Crippen molar-refractivity contribution in [3.63, 3.8) is 0 Å². The molecule has 0 radical (unpaired) electrons. The van der Waals surface area contributed by atoms with Crippen molar-refractivity contribution >= 4 is 6.03 Å². The van der Waals surface area contributed by atoms with Gasteiger partial charge in [-0.25, -0.2) is 4.79 Å². The Bertz CT molecular complexity index is 303. The zero-order valence-corrected chi connectivity index (χ0v) is 11.8. The van der Waals surface area contributed by atoms with Crippen molar-refractivity contribution in [3.05, 3.63) is 0 Å². The third kappa shape index (κ3) is 4.08. The van der Waals surface area contributed by atoms with Gasteiger partial charge in [-0.2, -0.15) is 0 Å². The molecule has 5 nitrogen and oxygen atoms in total. The molecule has 1 aliphatic carbocycles. The summed E-state index contributed by atoms with van der Waals surface area (Å²) in [6, 6.07) is 0.464. The topological polar surface area (TPSA) is 78.6 Å². The lowest BCUT2D eigenvalue weighted by Gasteiger charge is -2.40. The van der Waals surface area contributed by atoms with E-state index in [0.29, 0.717) is 19.1 Å². The summed E-state index contributed by atoms with van der Waals surface area (Å²) in [5, 5.41) is 13.5.